The van der Waals surface area contributed by atoms with E-state index in [0.717, 1.165) is 24.3 Å². The van der Waals surface area contributed by atoms with Crippen molar-refractivity contribution in [1.29, 1.82) is 0 Å². The summed E-state index contributed by atoms with van der Waals surface area (Å²) in [6.45, 7) is 0. The van der Waals surface area contributed by atoms with Gasteiger partial charge in [-0.2, -0.15) is 0 Å². The van der Waals surface area contributed by atoms with Gasteiger partial charge >= 0.3 is 0 Å². The number of benzene rings is 2. The van der Waals surface area contributed by atoms with Gasteiger partial charge in [0.15, 0.2) is 11.6 Å². The van der Waals surface area contributed by atoms with Gasteiger partial charge in [-0.25, -0.2) is 25.3 Å². The van der Waals surface area contributed by atoms with Crippen LogP contribution in [0.4, 0.5) is 0 Å². The van der Waals surface area contributed by atoms with Crippen molar-refractivity contribution in [2.24, 2.45) is 0 Å². The molecule has 2 atom stereocenters. The summed E-state index contributed by atoms with van der Waals surface area (Å²) in [5.41, 5.74) is -3.11. The maximum atomic E-state index is 13.3. The number of carbonyl (C=O) groups is 2. The summed E-state index contributed by atoms with van der Waals surface area (Å²) < 4.78 is 117. The predicted octanol–water partition coefficient (Wildman–Crippen LogP) is 0.0392. The Hall–Kier alpha value is -3.21. The molecule has 12 nitrogen and oxygen atoms in total. The maximum absolute atomic E-state index is 13.3. The molecule has 184 valence electrons. The van der Waals surface area contributed by atoms with E-state index in [1.807, 2.05) is 0 Å². The normalized spacial score (nSPS) is 22.8. The molecule has 0 heterocycles. The smallest absolute Gasteiger partial charge is 0.251 e. The van der Waals surface area contributed by atoms with Crippen molar-refractivity contribution >= 4 is 41.9 Å². The highest BCUT2D eigenvalue weighted by Crippen LogP contribution is 2.48. The summed E-state index contributed by atoms with van der Waals surface area (Å²) in [6.07, 6.45) is 0.105. The lowest BCUT2D eigenvalue weighted by molar-refractivity contribution is 0.0957. The molecule has 0 N–H and O–H groups in total. The van der Waals surface area contributed by atoms with Crippen LogP contribution in [-0.2, 0) is 30.4 Å². The molecule has 2 aliphatic carbocycles. The van der Waals surface area contributed by atoms with Crippen molar-refractivity contribution in [1.82, 2.24) is 0 Å². The highest BCUT2D eigenvalue weighted by Gasteiger charge is 2.62. The topological polar surface area (TPSA) is 215 Å². The highest BCUT2D eigenvalue weighted by atomic mass is 32.2. The SMILES string of the molecule is O=C1C2=C(C(=O)c3ccccc31)C(S(=O)(=O)[O-])C(Oc1ccccc1)(S(=O)(=O)[O-])C(S(=O)(=O)[O-])=C2. The van der Waals surface area contributed by atoms with Crippen molar-refractivity contribution in [3.05, 3.63) is 87.9 Å². The van der Waals surface area contributed by atoms with Gasteiger partial charge in [0.1, 0.15) is 41.4 Å². The molecule has 4 rings (SSSR count). The van der Waals surface area contributed by atoms with E-state index in [0.29, 0.717) is 0 Å². The maximum Gasteiger partial charge on any atom is 0.251 e. The zero-order valence-electron chi connectivity index (χ0n) is 17.0. The molecular weight excluding hydrogens is 528 g/mol. The molecule has 2 aromatic rings. The van der Waals surface area contributed by atoms with E-state index in [9.17, 15) is 48.5 Å². The third-order valence-corrected chi connectivity index (χ3v) is 9.03. The second-order valence-electron chi connectivity index (χ2n) is 7.40. The van der Waals surface area contributed by atoms with Crippen LogP contribution in [0.2, 0.25) is 0 Å². The minimum absolute atomic E-state index is 0.105. The lowest BCUT2D eigenvalue weighted by Crippen LogP contribution is -2.63. The van der Waals surface area contributed by atoms with Crippen LogP contribution in [0.1, 0.15) is 20.7 Å². The van der Waals surface area contributed by atoms with E-state index in [2.05, 4.69) is 0 Å². The summed E-state index contributed by atoms with van der Waals surface area (Å²) in [6, 6.07) is 10.6. The average Bonchev–Trinajstić information content (AvgIpc) is 2.75. The van der Waals surface area contributed by atoms with E-state index >= 15 is 0 Å². The number of hydrogen-bond acceptors (Lipinski definition) is 12. The zero-order chi connectivity index (χ0) is 26.0. The van der Waals surface area contributed by atoms with E-state index in [4.69, 9.17) is 4.74 Å². The largest absolute Gasteiger partial charge is 0.747 e. The molecule has 0 fully saturated rings. The van der Waals surface area contributed by atoms with Crippen LogP contribution in [-0.4, -0.2) is 60.7 Å². The van der Waals surface area contributed by atoms with Crippen LogP contribution in [0.15, 0.2) is 76.7 Å². The third-order valence-electron chi connectivity index (χ3n) is 5.36. The van der Waals surface area contributed by atoms with Gasteiger partial charge in [-0.05, 0) is 18.2 Å². The van der Waals surface area contributed by atoms with Crippen LogP contribution in [0.5, 0.6) is 5.75 Å². The number of fused-ring (bicyclic) bond motifs is 1. The standard InChI is InChI=1S/C20H14O12S3/c21-17-12-8-4-5-9-13(12)18(22)16-14(17)10-15(33(23,24)25)20(35(29,30)31,19(16)34(26,27)28)32-11-6-2-1-3-7-11/h1-10,19H,(H,23,24,25)(H,26,27,28)(H,29,30,31)/p-3. The Morgan fingerprint density at radius 2 is 1.26 bits per heavy atom. The summed E-state index contributed by atoms with van der Waals surface area (Å²) >= 11 is 0. The summed E-state index contributed by atoms with van der Waals surface area (Å²) in [7, 11) is -18.7. The number of ketones is 2. The number of Topliss-reactive ketones (excluding diaryl/α,β-unsaturated/α-hetero) is 2. The molecule has 2 aromatic carbocycles. The van der Waals surface area contributed by atoms with Gasteiger partial charge in [0.2, 0.25) is 0 Å². The Morgan fingerprint density at radius 1 is 0.743 bits per heavy atom. The molecule has 0 bridgehead atoms. The Balaban J connectivity index is 2.21. The fourth-order valence-corrected chi connectivity index (χ4v) is 8.15. The number of ether oxygens (including phenoxy) is 1. The number of para-hydroxylation sites is 1. The first kappa shape index (κ1) is 24.9. The number of rotatable bonds is 5. The van der Waals surface area contributed by atoms with Gasteiger partial charge in [-0.1, -0.05) is 42.5 Å². The van der Waals surface area contributed by atoms with Gasteiger partial charge in [-0.15, -0.1) is 0 Å². The van der Waals surface area contributed by atoms with Crippen molar-refractivity contribution < 1.29 is 53.2 Å². The van der Waals surface area contributed by atoms with Crippen LogP contribution in [0.3, 0.4) is 0 Å². The van der Waals surface area contributed by atoms with Crippen LogP contribution in [0.25, 0.3) is 0 Å². The molecule has 0 spiro atoms. The lowest BCUT2D eigenvalue weighted by Gasteiger charge is -2.47. The molecule has 35 heavy (non-hydrogen) atoms. The van der Waals surface area contributed by atoms with Gasteiger partial charge in [0.05, 0.1) is 4.91 Å². The van der Waals surface area contributed by atoms with Gasteiger partial charge < -0.3 is 18.4 Å². The summed E-state index contributed by atoms with van der Waals surface area (Å²) in [5.74, 6) is -3.15. The van der Waals surface area contributed by atoms with Crippen molar-refractivity contribution in [3.63, 3.8) is 0 Å². The van der Waals surface area contributed by atoms with E-state index in [-0.39, 0.29) is 11.6 Å². The van der Waals surface area contributed by atoms with E-state index < -0.39 is 79.5 Å². The first-order valence-electron chi connectivity index (χ1n) is 9.35. The number of allylic oxidation sites excluding steroid dienone is 2. The Kier molecular flexibility index (Phi) is 5.62. The first-order chi connectivity index (χ1) is 16.1. The zero-order valence-corrected chi connectivity index (χ0v) is 19.4. The predicted molar refractivity (Wildman–Crippen MR) is 113 cm³/mol. The average molecular weight is 539 g/mol. The molecule has 0 saturated carbocycles. The lowest BCUT2D eigenvalue weighted by atomic mass is 9.79. The Bertz CT molecular complexity index is 1670. The van der Waals surface area contributed by atoms with Gasteiger partial charge in [-0.3, -0.25) is 9.59 Å². The van der Waals surface area contributed by atoms with Gasteiger partial charge in [0, 0.05) is 22.3 Å². The molecule has 0 aliphatic heterocycles. The molecule has 2 aliphatic rings. The monoisotopic (exact) mass is 539 g/mol. The molecule has 0 amide bonds. The van der Waals surface area contributed by atoms with Crippen molar-refractivity contribution in [3.8, 4) is 5.75 Å². The minimum Gasteiger partial charge on any atom is -0.747 e. The quantitative estimate of drug-likeness (QED) is 0.460. The molecule has 15 heteroatoms. The van der Waals surface area contributed by atoms with E-state index in [1.54, 1.807) is 0 Å². The second-order valence-corrected chi connectivity index (χ2v) is 11.7. The molecule has 0 radical (unpaired) electrons. The van der Waals surface area contributed by atoms with Gasteiger partial charge in [0.25, 0.3) is 4.93 Å². The third kappa shape index (κ3) is 3.81. The van der Waals surface area contributed by atoms with Crippen LogP contribution < -0.4 is 4.74 Å². The highest BCUT2D eigenvalue weighted by molar-refractivity contribution is 7.95. The molecule has 2 unspecified atom stereocenters. The summed E-state index contributed by atoms with van der Waals surface area (Å²) in [4.78, 5) is 20.0. The number of hydrogen-bond donors (Lipinski definition) is 0. The molecule has 0 saturated heterocycles. The Labute approximate surface area is 198 Å². The summed E-state index contributed by atoms with van der Waals surface area (Å²) in [5, 5.41) is -3.42. The minimum atomic E-state index is -6.42. The fraction of sp³-hybridized carbons (Fsp3) is 0.100. The fourth-order valence-electron chi connectivity index (χ4n) is 4.02. The van der Waals surface area contributed by atoms with Crippen LogP contribution >= 0.6 is 0 Å². The number of carbonyl (C=O) groups excluding carboxylic acids is 2. The van der Waals surface area contributed by atoms with Crippen molar-refractivity contribution in [2.75, 3.05) is 0 Å². The second kappa shape index (κ2) is 7.91. The Morgan fingerprint density at radius 3 is 1.74 bits per heavy atom. The molecular formula is C20H11O12S3-3. The van der Waals surface area contributed by atoms with Crippen LogP contribution in [0, 0.1) is 0 Å². The van der Waals surface area contributed by atoms with Crippen molar-refractivity contribution in [2.45, 2.75) is 10.2 Å². The van der Waals surface area contributed by atoms with E-state index in [1.165, 1.54) is 30.3 Å². The molecule has 0 aromatic heterocycles. The first-order valence-corrected chi connectivity index (χ1v) is 13.6.